The van der Waals surface area contributed by atoms with E-state index >= 15 is 0 Å². The fourth-order valence-electron chi connectivity index (χ4n) is 3.34. The van der Waals surface area contributed by atoms with Crippen molar-refractivity contribution < 1.29 is 19.0 Å². The molecule has 1 aromatic rings. The standard InChI is InChI=1S/C20H28N2O4/c1-14-10-22(11-15(2)26-14)20(3,4)12-21-19(23)8-6-16-5-7-17-18(9-16)25-13-24-17/h5-9,14-15H,10-13H2,1-4H3,(H,21,23)/b8-6+/t14-,15+. The van der Waals surface area contributed by atoms with Crippen molar-refractivity contribution in [1.82, 2.24) is 10.2 Å². The first-order chi connectivity index (χ1) is 12.3. The van der Waals surface area contributed by atoms with Gasteiger partial charge in [-0.05, 0) is 51.5 Å². The van der Waals surface area contributed by atoms with Crippen LogP contribution in [-0.2, 0) is 9.53 Å². The van der Waals surface area contributed by atoms with E-state index in [1.165, 1.54) is 0 Å². The number of carbonyl (C=O) groups is 1. The van der Waals surface area contributed by atoms with Crippen molar-refractivity contribution in [3.05, 3.63) is 29.8 Å². The first-order valence-corrected chi connectivity index (χ1v) is 9.09. The molecule has 142 valence electrons. The minimum Gasteiger partial charge on any atom is -0.454 e. The summed E-state index contributed by atoms with van der Waals surface area (Å²) in [7, 11) is 0. The Kier molecular flexibility index (Phi) is 5.53. The molecular weight excluding hydrogens is 332 g/mol. The summed E-state index contributed by atoms with van der Waals surface area (Å²) in [4.78, 5) is 14.6. The van der Waals surface area contributed by atoms with Gasteiger partial charge in [0.15, 0.2) is 11.5 Å². The number of nitrogens with zero attached hydrogens (tertiary/aromatic N) is 1. The Morgan fingerprint density at radius 1 is 1.23 bits per heavy atom. The summed E-state index contributed by atoms with van der Waals surface area (Å²) in [6, 6.07) is 5.62. The van der Waals surface area contributed by atoms with Gasteiger partial charge in [0.2, 0.25) is 12.7 Å². The van der Waals surface area contributed by atoms with Gasteiger partial charge < -0.3 is 19.5 Å². The maximum Gasteiger partial charge on any atom is 0.244 e. The molecule has 0 aliphatic carbocycles. The summed E-state index contributed by atoms with van der Waals surface area (Å²) in [5.74, 6) is 1.34. The third kappa shape index (κ3) is 4.56. The van der Waals surface area contributed by atoms with Gasteiger partial charge in [-0.2, -0.15) is 0 Å². The van der Waals surface area contributed by atoms with E-state index in [1.807, 2.05) is 18.2 Å². The lowest BCUT2D eigenvalue weighted by atomic mass is 10.00. The monoisotopic (exact) mass is 360 g/mol. The van der Waals surface area contributed by atoms with Gasteiger partial charge in [0.1, 0.15) is 0 Å². The average Bonchev–Trinajstić information content (AvgIpc) is 3.05. The highest BCUT2D eigenvalue weighted by Gasteiger charge is 2.33. The highest BCUT2D eigenvalue weighted by Crippen LogP contribution is 2.32. The van der Waals surface area contributed by atoms with Gasteiger partial charge in [-0.25, -0.2) is 0 Å². The molecule has 26 heavy (non-hydrogen) atoms. The Balaban J connectivity index is 1.53. The molecule has 2 heterocycles. The third-order valence-corrected chi connectivity index (χ3v) is 4.79. The van der Waals surface area contributed by atoms with Crippen LogP contribution in [0.15, 0.2) is 24.3 Å². The summed E-state index contributed by atoms with van der Waals surface area (Å²) in [5.41, 5.74) is 0.772. The number of hydrogen-bond donors (Lipinski definition) is 1. The van der Waals surface area contributed by atoms with Crippen molar-refractivity contribution in [3.63, 3.8) is 0 Å². The number of carbonyl (C=O) groups excluding carboxylic acids is 1. The van der Waals surface area contributed by atoms with Crippen LogP contribution in [0.5, 0.6) is 11.5 Å². The molecule has 2 atom stereocenters. The molecule has 3 rings (SSSR count). The summed E-state index contributed by atoms with van der Waals surface area (Å²) >= 11 is 0. The molecule has 0 saturated carbocycles. The maximum atomic E-state index is 12.2. The zero-order chi connectivity index (χ0) is 18.7. The van der Waals surface area contributed by atoms with Crippen LogP contribution >= 0.6 is 0 Å². The van der Waals surface area contributed by atoms with Gasteiger partial charge in [-0.3, -0.25) is 9.69 Å². The van der Waals surface area contributed by atoms with E-state index in [0.717, 1.165) is 24.4 Å². The molecule has 2 aliphatic rings. The largest absolute Gasteiger partial charge is 0.454 e. The molecule has 1 N–H and O–H groups in total. The van der Waals surface area contributed by atoms with E-state index in [2.05, 4.69) is 37.9 Å². The van der Waals surface area contributed by atoms with E-state index in [1.54, 1.807) is 12.2 Å². The van der Waals surface area contributed by atoms with Crippen molar-refractivity contribution in [1.29, 1.82) is 0 Å². The number of ether oxygens (including phenoxy) is 3. The molecule has 1 amide bonds. The predicted molar refractivity (Wildman–Crippen MR) is 100 cm³/mol. The van der Waals surface area contributed by atoms with Crippen LogP contribution in [-0.4, -0.2) is 55.0 Å². The second-order valence-electron chi connectivity index (χ2n) is 7.64. The fourth-order valence-corrected chi connectivity index (χ4v) is 3.34. The molecule has 0 radical (unpaired) electrons. The smallest absolute Gasteiger partial charge is 0.244 e. The van der Waals surface area contributed by atoms with Gasteiger partial charge in [-0.15, -0.1) is 0 Å². The summed E-state index contributed by atoms with van der Waals surface area (Å²) < 4.78 is 16.4. The van der Waals surface area contributed by atoms with E-state index in [-0.39, 0.29) is 30.4 Å². The molecule has 0 aromatic heterocycles. The van der Waals surface area contributed by atoms with Crippen LogP contribution in [0.1, 0.15) is 33.3 Å². The van der Waals surface area contributed by atoms with E-state index in [9.17, 15) is 4.79 Å². The number of nitrogens with one attached hydrogen (secondary N) is 1. The molecule has 1 fully saturated rings. The third-order valence-electron chi connectivity index (χ3n) is 4.79. The van der Waals surface area contributed by atoms with Gasteiger partial charge in [0.25, 0.3) is 0 Å². The Morgan fingerprint density at radius 3 is 2.65 bits per heavy atom. The second kappa shape index (κ2) is 7.68. The van der Waals surface area contributed by atoms with Gasteiger partial charge in [0.05, 0.1) is 12.2 Å². The van der Waals surface area contributed by atoms with Gasteiger partial charge in [-0.1, -0.05) is 6.07 Å². The van der Waals surface area contributed by atoms with Crippen LogP contribution in [0, 0.1) is 0 Å². The summed E-state index contributed by atoms with van der Waals surface area (Å²) in [5, 5.41) is 3.01. The highest BCUT2D eigenvalue weighted by atomic mass is 16.7. The number of benzene rings is 1. The molecule has 6 nitrogen and oxygen atoms in total. The van der Waals surface area contributed by atoms with Crippen molar-refractivity contribution in [2.75, 3.05) is 26.4 Å². The number of fused-ring (bicyclic) bond motifs is 1. The van der Waals surface area contributed by atoms with Gasteiger partial charge in [0, 0.05) is 31.2 Å². The topological polar surface area (TPSA) is 60.0 Å². The van der Waals surface area contributed by atoms with Crippen molar-refractivity contribution in [3.8, 4) is 11.5 Å². The first kappa shape index (κ1) is 18.7. The molecule has 1 saturated heterocycles. The molecule has 2 aliphatic heterocycles. The van der Waals surface area contributed by atoms with Crippen LogP contribution in [0.3, 0.4) is 0 Å². The van der Waals surface area contributed by atoms with Crippen molar-refractivity contribution in [2.45, 2.75) is 45.4 Å². The minimum absolute atomic E-state index is 0.106. The summed E-state index contributed by atoms with van der Waals surface area (Å²) in [6.07, 6.45) is 3.75. The fraction of sp³-hybridized carbons (Fsp3) is 0.550. The van der Waals surface area contributed by atoms with Crippen LogP contribution in [0.25, 0.3) is 6.08 Å². The predicted octanol–water partition coefficient (Wildman–Crippen LogP) is 2.43. The van der Waals surface area contributed by atoms with E-state index in [4.69, 9.17) is 14.2 Å². The van der Waals surface area contributed by atoms with Crippen molar-refractivity contribution >= 4 is 12.0 Å². The van der Waals surface area contributed by atoms with Crippen LogP contribution < -0.4 is 14.8 Å². The Labute approximate surface area is 155 Å². The van der Waals surface area contributed by atoms with Crippen LogP contribution in [0.2, 0.25) is 0 Å². The lowest BCUT2D eigenvalue weighted by Crippen LogP contribution is -2.58. The Hall–Kier alpha value is -2.05. The number of morpholine rings is 1. The number of amides is 1. The van der Waals surface area contributed by atoms with Gasteiger partial charge >= 0.3 is 0 Å². The molecule has 0 unspecified atom stereocenters. The normalized spacial score (nSPS) is 23.4. The zero-order valence-electron chi connectivity index (χ0n) is 16.0. The zero-order valence-corrected chi connectivity index (χ0v) is 16.0. The maximum absolute atomic E-state index is 12.2. The quantitative estimate of drug-likeness (QED) is 0.818. The summed E-state index contributed by atoms with van der Waals surface area (Å²) in [6.45, 7) is 11.1. The van der Waals surface area contributed by atoms with E-state index in [0.29, 0.717) is 12.3 Å². The lowest BCUT2D eigenvalue weighted by molar-refractivity contribution is -0.118. The molecular formula is C20H28N2O4. The molecule has 0 bridgehead atoms. The SMILES string of the molecule is C[C@@H]1CN(C(C)(C)CNC(=O)/C=C/c2ccc3c(c2)OCO3)C[C@H](C)O1. The Bertz CT molecular complexity index is 676. The lowest BCUT2D eigenvalue weighted by Gasteiger charge is -2.45. The Morgan fingerprint density at radius 2 is 1.92 bits per heavy atom. The number of hydrogen-bond acceptors (Lipinski definition) is 5. The molecule has 1 aromatic carbocycles. The molecule has 6 heteroatoms. The number of rotatable bonds is 5. The average molecular weight is 360 g/mol. The molecule has 0 spiro atoms. The first-order valence-electron chi connectivity index (χ1n) is 9.09. The second-order valence-corrected chi connectivity index (χ2v) is 7.64. The van der Waals surface area contributed by atoms with Crippen LogP contribution in [0.4, 0.5) is 0 Å². The van der Waals surface area contributed by atoms with E-state index < -0.39 is 0 Å². The minimum atomic E-state index is -0.130. The highest BCUT2D eigenvalue weighted by molar-refractivity contribution is 5.91. The van der Waals surface area contributed by atoms with Crippen molar-refractivity contribution in [2.24, 2.45) is 0 Å².